The van der Waals surface area contributed by atoms with Crippen molar-refractivity contribution in [2.75, 3.05) is 13.1 Å². The second-order valence-corrected chi connectivity index (χ2v) is 8.12. The standard InChI is InChI=1S/C24H29N5O/c1-28-16-20(15-26-28)17-29-13-7-10-21(18-29)24(22-11-5-6-12-25-22)27-23(30)14-19-8-3-2-4-9-19/h2-6,8-9,11-12,15-16,21,24H,7,10,13-14,17-18H2,1H3,(H,27,30)/t21-,24-/m1/s1. The first-order valence-electron chi connectivity index (χ1n) is 10.6. The molecule has 2 atom stereocenters. The number of aromatic nitrogens is 3. The van der Waals surface area contributed by atoms with Gasteiger partial charge in [-0.3, -0.25) is 19.4 Å². The molecule has 0 spiro atoms. The van der Waals surface area contributed by atoms with E-state index in [1.54, 1.807) is 0 Å². The van der Waals surface area contributed by atoms with E-state index in [-0.39, 0.29) is 11.9 Å². The number of pyridine rings is 1. The van der Waals surface area contributed by atoms with Crippen LogP contribution < -0.4 is 5.32 Å². The molecule has 3 heterocycles. The van der Waals surface area contributed by atoms with Crippen molar-refractivity contribution in [2.24, 2.45) is 13.0 Å². The van der Waals surface area contributed by atoms with Gasteiger partial charge in [-0.15, -0.1) is 0 Å². The van der Waals surface area contributed by atoms with Gasteiger partial charge in [0.15, 0.2) is 0 Å². The van der Waals surface area contributed by atoms with Gasteiger partial charge >= 0.3 is 0 Å². The third-order valence-electron chi connectivity index (χ3n) is 5.71. The van der Waals surface area contributed by atoms with Crippen molar-refractivity contribution in [3.05, 3.63) is 83.9 Å². The lowest BCUT2D eigenvalue weighted by Crippen LogP contribution is -2.43. The highest BCUT2D eigenvalue weighted by molar-refractivity contribution is 5.79. The molecule has 1 amide bonds. The van der Waals surface area contributed by atoms with E-state index in [1.165, 1.54) is 5.56 Å². The van der Waals surface area contributed by atoms with Gasteiger partial charge in [-0.2, -0.15) is 5.10 Å². The van der Waals surface area contributed by atoms with Gasteiger partial charge in [0, 0.05) is 38.1 Å². The lowest BCUT2D eigenvalue weighted by molar-refractivity contribution is -0.121. The number of likely N-dealkylation sites (tertiary alicyclic amines) is 1. The van der Waals surface area contributed by atoms with E-state index in [9.17, 15) is 4.79 Å². The first-order valence-corrected chi connectivity index (χ1v) is 10.6. The Morgan fingerprint density at radius 3 is 2.73 bits per heavy atom. The van der Waals surface area contributed by atoms with Crippen LogP contribution in [0, 0.1) is 5.92 Å². The van der Waals surface area contributed by atoms with Crippen LogP contribution in [0.3, 0.4) is 0 Å². The molecule has 30 heavy (non-hydrogen) atoms. The zero-order valence-corrected chi connectivity index (χ0v) is 17.4. The summed E-state index contributed by atoms with van der Waals surface area (Å²) < 4.78 is 1.84. The van der Waals surface area contributed by atoms with E-state index < -0.39 is 0 Å². The van der Waals surface area contributed by atoms with Crippen LogP contribution >= 0.6 is 0 Å². The number of benzene rings is 1. The van der Waals surface area contributed by atoms with Gasteiger partial charge in [-0.1, -0.05) is 36.4 Å². The zero-order valence-electron chi connectivity index (χ0n) is 17.4. The fraction of sp³-hybridized carbons (Fsp3) is 0.375. The summed E-state index contributed by atoms with van der Waals surface area (Å²) in [6.07, 6.45) is 8.39. The lowest BCUT2D eigenvalue weighted by Gasteiger charge is -2.37. The summed E-state index contributed by atoms with van der Waals surface area (Å²) in [6.45, 7) is 2.89. The number of nitrogens with one attached hydrogen (secondary N) is 1. The quantitative estimate of drug-likeness (QED) is 0.658. The number of carbonyl (C=O) groups excluding carboxylic acids is 1. The van der Waals surface area contributed by atoms with Crippen LogP contribution in [0.2, 0.25) is 0 Å². The molecular formula is C24H29N5O. The molecule has 1 aliphatic rings. The minimum atomic E-state index is -0.0842. The fourth-order valence-electron chi connectivity index (χ4n) is 4.32. The smallest absolute Gasteiger partial charge is 0.224 e. The summed E-state index contributed by atoms with van der Waals surface area (Å²) in [6, 6.07) is 15.7. The van der Waals surface area contributed by atoms with Crippen LogP contribution in [0.4, 0.5) is 0 Å². The molecule has 1 aliphatic heterocycles. The normalized spacial score (nSPS) is 18.1. The summed E-state index contributed by atoms with van der Waals surface area (Å²) in [5.41, 5.74) is 3.18. The van der Waals surface area contributed by atoms with Crippen LogP contribution in [0.1, 0.15) is 35.7 Å². The molecule has 4 rings (SSSR count). The van der Waals surface area contributed by atoms with Crippen molar-refractivity contribution in [3.8, 4) is 0 Å². The molecule has 0 unspecified atom stereocenters. The van der Waals surface area contributed by atoms with Gasteiger partial charge in [0.1, 0.15) is 0 Å². The number of hydrogen-bond acceptors (Lipinski definition) is 4. The molecule has 156 valence electrons. The van der Waals surface area contributed by atoms with Crippen LogP contribution in [-0.4, -0.2) is 38.7 Å². The topological polar surface area (TPSA) is 63.0 Å². The lowest BCUT2D eigenvalue weighted by atomic mass is 9.88. The SMILES string of the molecule is Cn1cc(CN2CCC[C@@H]([C@@H](NC(=O)Cc3ccccc3)c3ccccn3)C2)cn1. The number of aryl methyl sites for hydroxylation is 1. The van der Waals surface area contributed by atoms with Crippen molar-refractivity contribution in [1.29, 1.82) is 0 Å². The highest BCUT2D eigenvalue weighted by Crippen LogP contribution is 2.29. The Hall–Kier alpha value is -2.99. The summed E-state index contributed by atoms with van der Waals surface area (Å²) in [5, 5.41) is 7.58. The van der Waals surface area contributed by atoms with E-state index in [2.05, 4.69) is 26.5 Å². The van der Waals surface area contributed by atoms with Crippen LogP contribution in [-0.2, 0) is 24.8 Å². The third kappa shape index (κ3) is 5.33. The Morgan fingerprint density at radius 2 is 2.00 bits per heavy atom. The van der Waals surface area contributed by atoms with E-state index in [0.717, 1.165) is 43.7 Å². The number of piperidine rings is 1. The minimum absolute atomic E-state index is 0.0428. The van der Waals surface area contributed by atoms with E-state index in [0.29, 0.717) is 12.3 Å². The Kier molecular flexibility index (Phi) is 6.54. The molecule has 2 aromatic heterocycles. The molecule has 1 saturated heterocycles. The monoisotopic (exact) mass is 403 g/mol. The predicted octanol–water partition coefficient (Wildman–Crippen LogP) is 3.13. The first kappa shape index (κ1) is 20.3. The second kappa shape index (κ2) is 9.67. The van der Waals surface area contributed by atoms with Gasteiger partial charge in [0.05, 0.1) is 24.4 Å². The molecule has 0 bridgehead atoms. The largest absolute Gasteiger partial charge is 0.347 e. The molecular weight excluding hydrogens is 374 g/mol. The third-order valence-corrected chi connectivity index (χ3v) is 5.71. The molecule has 0 saturated carbocycles. The number of amides is 1. The van der Waals surface area contributed by atoms with Gasteiger partial charge in [0.2, 0.25) is 5.91 Å². The van der Waals surface area contributed by atoms with Crippen molar-refractivity contribution in [2.45, 2.75) is 31.8 Å². The number of carbonyl (C=O) groups is 1. The number of rotatable bonds is 7. The van der Waals surface area contributed by atoms with Gasteiger partial charge < -0.3 is 5.32 Å². The maximum atomic E-state index is 12.9. The average molecular weight is 404 g/mol. The van der Waals surface area contributed by atoms with E-state index in [1.807, 2.05) is 72.7 Å². The van der Waals surface area contributed by atoms with Crippen molar-refractivity contribution < 1.29 is 4.79 Å². The van der Waals surface area contributed by atoms with Crippen molar-refractivity contribution >= 4 is 5.91 Å². The molecule has 1 N–H and O–H groups in total. The maximum Gasteiger partial charge on any atom is 0.224 e. The highest BCUT2D eigenvalue weighted by Gasteiger charge is 2.30. The molecule has 3 aromatic rings. The molecule has 0 aliphatic carbocycles. The summed E-state index contributed by atoms with van der Waals surface area (Å²) in [7, 11) is 1.95. The molecule has 1 aromatic carbocycles. The minimum Gasteiger partial charge on any atom is -0.347 e. The Morgan fingerprint density at radius 1 is 1.17 bits per heavy atom. The Bertz CT molecular complexity index is 940. The van der Waals surface area contributed by atoms with Crippen molar-refractivity contribution in [1.82, 2.24) is 25.0 Å². The summed E-state index contributed by atoms with van der Waals surface area (Å²) in [4.78, 5) is 19.9. The molecule has 1 fully saturated rings. The molecule has 6 nitrogen and oxygen atoms in total. The molecule has 0 radical (unpaired) electrons. The summed E-state index contributed by atoms with van der Waals surface area (Å²) in [5.74, 6) is 0.367. The van der Waals surface area contributed by atoms with Crippen LogP contribution in [0.15, 0.2) is 67.1 Å². The van der Waals surface area contributed by atoms with Gasteiger partial charge in [-0.25, -0.2) is 0 Å². The van der Waals surface area contributed by atoms with E-state index >= 15 is 0 Å². The summed E-state index contributed by atoms with van der Waals surface area (Å²) >= 11 is 0. The molecule has 6 heteroatoms. The maximum absolute atomic E-state index is 12.9. The Labute approximate surface area is 177 Å². The van der Waals surface area contributed by atoms with Gasteiger partial charge in [0.25, 0.3) is 0 Å². The fourth-order valence-corrected chi connectivity index (χ4v) is 4.32. The predicted molar refractivity (Wildman–Crippen MR) is 116 cm³/mol. The van der Waals surface area contributed by atoms with E-state index in [4.69, 9.17) is 0 Å². The highest BCUT2D eigenvalue weighted by atomic mass is 16.1. The zero-order chi connectivity index (χ0) is 20.8. The Balaban J connectivity index is 1.47. The van der Waals surface area contributed by atoms with Crippen LogP contribution in [0.5, 0.6) is 0 Å². The average Bonchev–Trinajstić information content (AvgIpc) is 3.18. The van der Waals surface area contributed by atoms with Gasteiger partial charge in [-0.05, 0) is 43.0 Å². The number of nitrogens with zero attached hydrogens (tertiary/aromatic N) is 4. The first-order chi connectivity index (χ1) is 14.7. The van der Waals surface area contributed by atoms with Crippen molar-refractivity contribution in [3.63, 3.8) is 0 Å². The second-order valence-electron chi connectivity index (χ2n) is 8.12. The number of hydrogen-bond donors (Lipinski definition) is 1. The van der Waals surface area contributed by atoms with Crippen LogP contribution in [0.25, 0.3) is 0 Å².